The first-order valence-electron chi connectivity index (χ1n) is 27.1. The number of para-hydroxylation sites is 2. The van der Waals surface area contributed by atoms with Crippen molar-refractivity contribution in [2.24, 2.45) is 0 Å². The number of hydrogen-bond acceptors (Lipinski definition) is 3. The number of hydrogen-bond donors (Lipinski definition) is 0. The number of anilines is 9. The van der Waals surface area contributed by atoms with Gasteiger partial charge in [0.2, 0.25) is 0 Å². The van der Waals surface area contributed by atoms with Gasteiger partial charge in [-0.3, -0.25) is 0 Å². The highest BCUT2D eigenvalue weighted by Crippen LogP contribution is 2.50. The largest absolute Gasteiger partial charge is 0.311 e. The van der Waals surface area contributed by atoms with Crippen LogP contribution < -0.4 is 51.8 Å². The summed E-state index contributed by atoms with van der Waals surface area (Å²) >= 11 is 0. The van der Waals surface area contributed by atoms with E-state index in [0.717, 1.165) is 22.7 Å². The molecule has 3 aliphatic rings. The topological polar surface area (TPSA) is 9.72 Å². The lowest BCUT2D eigenvalue weighted by atomic mass is 9.33. The van der Waals surface area contributed by atoms with Crippen LogP contribution in [0.3, 0.4) is 0 Å². The second-order valence-electron chi connectivity index (χ2n) is 25.5. The molecule has 5 heteroatoms. The van der Waals surface area contributed by atoms with Crippen molar-refractivity contribution in [3.8, 4) is 0 Å². The molecule has 0 fully saturated rings. The molecule has 12 rings (SSSR count). The lowest BCUT2D eigenvalue weighted by molar-refractivity contribution is 0.569. The summed E-state index contributed by atoms with van der Waals surface area (Å²) in [5, 5.41) is 5.77. The van der Waals surface area contributed by atoms with Gasteiger partial charge in [0.05, 0.1) is 5.69 Å². The van der Waals surface area contributed by atoms with E-state index >= 15 is 0 Å². The van der Waals surface area contributed by atoms with Crippen LogP contribution in [0.2, 0.25) is 0 Å². The van der Waals surface area contributed by atoms with Gasteiger partial charge >= 0.3 is 0 Å². The monoisotopic (exact) mass is 992 g/mol. The molecule has 0 amide bonds. The lowest BCUT2D eigenvalue weighted by Gasteiger charge is -2.52. The smallest absolute Gasteiger partial charge is 0.251 e. The van der Waals surface area contributed by atoms with Gasteiger partial charge in [-0.1, -0.05) is 217 Å². The van der Waals surface area contributed by atoms with Gasteiger partial charge in [0.1, 0.15) is 0 Å². The van der Waals surface area contributed by atoms with Crippen LogP contribution in [0.5, 0.6) is 0 Å². The van der Waals surface area contributed by atoms with Crippen LogP contribution in [0.1, 0.15) is 105 Å². The zero-order valence-electron chi connectivity index (χ0n) is 46.0. The van der Waals surface area contributed by atoms with Gasteiger partial charge in [0.15, 0.2) is 8.07 Å². The van der Waals surface area contributed by atoms with Crippen molar-refractivity contribution < 1.29 is 0 Å². The SMILES string of the molecule is CC(C)(C)c1ccc(N2c3cc(N(c4ccccc4)c4ccccc4)cc4c3B3c5c(cccc5[Si](c5ccccc5)(c5ccccc5)c5cc(C(C)(C)C)cc2c53)N4c2cc(C(C)(C)C)cc(C(C)(C)C)c2)cc1. The fourth-order valence-corrected chi connectivity index (χ4v) is 17.9. The third-order valence-corrected chi connectivity index (χ3v) is 21.3. The van der Waals surface area contributed by atoms with Gasteiger partial charge in [0.25, 0.3) is 6.71 Å². The summed E-state index contributed by atoms with van der Waals surface area (Å²) < 4.78 is 0. The Hall–Kier alpha value is -7.34. The third kappa shape index (κ3) is 7.83. The maximum Gasteiger partial charge on any atom is 0.251 e. The van der Waals surface area contributed by atoms with Crippen LogP contribution in [0.4, 0.5) is 51.2 Å². The fraction of sp³-hybridized carbons (Fsp3) is 0.229. The second-order valence-corrected chi connectivity index (χ2v) is 29.2. The summed E-state index contributed by atoms with van der Waals surface area (Å²) in [5.41, 5.74) is 19.8. The van der Waals surface area contributed by atoms with E-state index in [9.17, 15) is 0 Å². The quantitative estimate of drug-likeness (QED) is 0.147. The van der Waals surface area contributed by atoms with E-state index in [1.807, 2.05) is 0 Å². The molecule has 3 heterocycles. The van der Waals surface area contributed by atoms with Crippen LogP contribution in [0.15, 0.2) is 206 Å². The molecule has 0 radical (unpaired) electrons. The normalized spacial score (nSPS) is 14.4. The van der Waals surface area contributed by atoms with Crippen molar-refractivity contribution in [3.05, 3.63) is 229 Å². The summed E-state index contributed by atoms with van der Waals surface area (Å²) in [4.78, 5) is 7.82. The Kier molecular flexibility index (Phi) is 11.2. The first kappa shape index (κ1) is 48.6. The zero-order chi connectivity index (χ0) is 52.4. The van der Waals surface area contributed by atoms with E-state index in [0.29, 0.717) is 0 Å². The molecule has 9 aromatic rings. The molecule has 0 spiro atoms. The Morgan fingerprint density at radius 1 is 0.320 bits per heavy atom. The Bertz CT molecular complexity index is 3520. The van der Waals surface area contributed by atoms with E-state index < -0.39 is 8.07 Å². The third-order valence-electron chi connectivity index (χ3n) is 16.5. The Balaban J connectivity index is 1.31. The highest BCUT2D eigenvalue weighted by Gasteiger charge is 2.57. The summed E-state index contributed by atoms with van der Waals surface area (Å²) in [7, 11) is -3.12. The molecule has 0 saturated heterocycles. The van der Waals surface area contributed by atoms with Gasteiger partial charge in [-0.2, -0.15) is 0 Å². The van der Waals surface area contributed by atoms with Crippen molar-refractivity contribution in [3.63, 3.8) is 0 Å². The van der Waals surface area contributed by atoms with Gasteiger partial charge in [-0.05, 0) is 154 Å². The summed E-state index contributed by atoms with van der Waals surface area (Å²) in [6.45, 7) is 28.3. The fourth-order valence-electron chi connectivity index (χ4n) is 12.5. The van der Waals surface area contributed by atoms with E-state index in [4.69, 9.17) is 0 Å². The molecule has 9 aromatic carbocycles. The molecular formula is C70H70BN3Si. The first-order valence-corrected chi connectivity index (χ1v) is 29.1. The summed E-state index contributed by atoms with van der Waals surface area (Å²) in [6, 6.07) is 79.8. The minimum atomic E-state index is -3.12. The van der Waals surface area contributed by atoms with Crippen molar-refractivity contribution in [1.29, 1.82) is 0 Å². The molecule has 0 unspecified atom stereocenters. The van der Waals surface area contributed by atoms with Gasteiger partial charge in [-0.25, -0.2) is 0 Å². The maximum absolute atomic E-state index is 3.12. The molecule has 0 aliphatic carbocycles. The van der Waals surface area contributed by atoms with Gasteiger partial charge in [0, 0.05) is 45.5 Å². The minimum Gasteiger partial charge on any atom is -0.311 e. The number of benzene rings is 9. The van der Waals surface area contributed by atoms with Crippen LogP contribution in [0, 0.1) is 0 Å². The maximum atomic E-state index is 2.69. The predicted octanol–water partition coefficient (Wildman–Crippen LogP) is 14.1. The molecule has 372 valence electrons. The van der Waals surface area contributed by atoms with Crippen LogP contribution in [0.25, 0.3) is 0 Å². The molecule has 0 bridgehead atoms. The molecule has 0 N–H and O–H groups in total. The van der Waals surface area contributed by atoms with E-state index in [-0.39, 0.29) is 28.4 Å². The zero-order valence-corrected chi connectivity index (χ0v) is 47.0. The van der Waals surface area contributed by atoms with E-state index in [1.165, 1.54) is 87.8 Å². The van der Waals surface area contributed by atoms with Gasteiger partial charge < -0.3 is 14.7 Å². The van der Waals surface area contributed by atoms with Crippen molar-refractivity contribution in [2.45, 2.75) is 105 Å². The summed E-state index contributed by atoms with van der Waals surface area (Å²) in [6.07, 6.45) is 0. The summed E-state index contributed by atoms with van der Waals surface area (Å²) in [5.74, 6) is 0. The minimum absolute atomic E-state index is 0.00747. The predicted molar refractivity (Wildman–Crippen MR) is 327 cm³/mol. The Morgan fingerprint density at radius 2 is 0.747 bits per heavy atom. The molecule has 0 saturated carbocycles. The average Bonchev–Trinajstić information content (AvgIpc) is 3.39. The van der Waals surface area contributed by atoms with Crippen molar-refractivity contribution in [2.75, 3.05) is 14.7 Å². The van der Waals surface area contributed by atoms with Crippen LogP contribution in [-0.4, -0.2) is 14.8 Å². The highest BCUT2D eigenvalue weighted by atomic mass is 28.3. The van der Waals surface area contributed by atoms with Crippen LogP contribution >= 0.6 is 0 Å². The molecule has 3 nitrogen and oxygen atoms in total. The van der Waals surface area contributed by atoms with E-state index in [2.05, 4.69) is 304 Å². The Labute approximate surface area is 448 Å². The second kappa shape index (κ2) is 17.4. The molecule has 3 aliphatic heterocycles. The van der Waals surface area contributed by atoms with Crippen LogP contribution in [-0.2, 0) is 21.7 Å². The Morgan fingerprint density at radius 3 is 1.23 bits per heavy atom. The van der Waals surface area contributed by atoms with E-state index in [1.54, 1.807) is 0 Å². The highest BCUT2D eigenvalue weighted by molar-refractivity contribution is 7.27. The lowest BCUT2D eigenvalue weighted by Crippen LogP contribution is -2.88. The molecule has 75 heavy (non-hydrogen) atoms. The van der Waals surface area contributed by atoms with Crippen molar-refractivity contribution in [1.82, 2.24) is 0 Å². The standard InChI is InChI=1S/C70H70BN3Si/c1-67(2,3)47-36-38-53(39-37-47)73-59-43-50(70(10,11)12)44-63-66(59)71-64-60(73)45-55(72(51-26-17-13-18-27-51)52-28-19-14-20-29-52)46-61(64)74(54-41-48(68(4,5)6)40-49(42-54)69(7,8)9)58-34-25-35-62(65(58)71)75(63,56-30-21-15-22-31-56)57-32-23-16-24-33-57/h13-46H,1-12H3. The molecular weight excluding hydrogens is 922 g/mol. The van der Waals surface area contributed by atoms with Gasteiger partial charge in [-0.15, -0.1) is 0 Å². The number of rotatable bonds is 7. The first-order chi connectivity index (χ1) is 35.7. The van der Waals surface area contributed by atoms with Crippen molar-refractivity contribution >= 4 is 103 Å². The number of nitrogens with zero attached hydrogens (tertiary/aromatic N) is 3. The molecule has 0 atom stereocenters. The molecule has 0 aromatic heterocycles. The average molecular weight is 992 g/mol.